The summed E-state index contributed by atoms with van der Waals surface area (Å²) >= 11 is 0. The average molecular weight is 292 g/mol. The zero-order chi connectivity index (χ0) is 15.8. The minimum absolute atomic E-state index is 0.695. The molecule has 0 spiro atoms. The Balaban J connectivity index is 0.000000847. The van der Waals surface area contributed by atoms with Crippen LogP contribution in [-0.2, 0) is 6.42 Å². The van der Waals surface area contributed by atoms with Crippen molar-refractivity contribution < 1.29 is 0 Å². The molecule has 0 aromatic heterocycles. The van der Waals surface area contributed by atoms with Crippen molar-refractivity contribution in [2.24, 2.45) is 5.92 Å². The molecule has 0 N–H and O–H groups in total. The van der Waals surface area contributed by atoms with Crippen LogP contribution in [0.4, 0.5) is 0 Å². The van der Waals surface area contributed by atoms with Gasteiger partial charge < -0.3 is 0 Å². The summed E-state index contributed by atoms with van der Waals surface area (Å²) < 4.78 is 0. The van der Waals surface area contributed by atoms with Gasteiger partial charge >= 0.3 is 0 Å². The van der Waals surface area contributed by atoms with Crippen LogP contribution in [0.3, 0.4) is 0 Å². The molecule has 2 aromatic carbocycles. The van der Waals surface area contributed by atoms with E-state index in [2.05, 4.69) is 67.6 Å². The van der Waals surface area contributed by atoms with Gasteiger partial charge in [0, 0.05) is 0 Å². The quantitative estimate of drug-likeness (QED) is 0.574. The van der Waals surface area contributed by atoms with E-state index in [1.807, 2.05) is 13.8 Å². The summed E-state index contributed by atoms with van der Waals surface area (Å²) in [5, 5.41) is 2.78. The summed E-state index contributed by atoms with van der Waals surface area (Å²) in [5.41, 5.74) is 3.11. The molecule has 0 saturated carbocycles. The van der Waals surface area contributed by atoms with E-state index in [-0.39, 0.29) is 0 Å². The molecule has 0 amide bonds. The molecule has 1 aliphatic rings. The first kappa shape index (κ1) is 16.5. The van der Waals surface area contributed by atoms with Crippen LogP contribution in [0.15, 0.2) is 66.3 Å². The zero-order valence-corrected chi connectivity index (χ0v) is 14.2. The molecule has 1 unspecified atom stereocenters. The Labute approximate surface area is 135 Å². The highest BCUT2D eigenvalue weighted by atomic mass is 14.2. The minimum Gasteiger partial charge on any atom is -0.0805 e. The first-order valence-corrected chi connectivity index (χ1v) is 8.70. The maximum Gasteiger partial charge on any atom is -0.0130 e. The van der Waals surface area contributed by atoms with Crippen LogP contribution in [0.5, 0.6) is 0 Å². The van der Waals surface area contributed by atoms with Crippen LogP contribution in [0, 0.1) is 5.92 Å². The maximum atomic E-state index is 2.32. The molecule has 0 heteroatoms. The number of hydrogen-bond acceptors (Lipinski definition) is 0. The van der Waals surface area contributed by atoms with Gasteiger partial charge in [0.2, 0.25) is 0 Å². The van der Waals surface area contributed by atoms with Crippen molar-refractivity contribution in [1.82, 2.24) is 0 Å². The van der Waals surface area contributed by atoms with E-state index in [1.54, 1.807) is 5.57 Å². The standard InChI is InChI=1S/C20H22.C2H6/c1-2-8-18(16-9-3-4-10-16)15-19-13-7-12-17-11-5-6-14-20(17)19;1-2/h3-7,9,11-14,18H,2,8,10,15H2,1H3;1-2H3. The van der Waals surface area contributed by atoms with Crippen LogP contribution >= 0.6 is 0 Å². The van der Waals surface area contributed by atoms with E-state index in [0.717, 1.165) is 6.42 Å². The average Bonchev–Trinajstić information content (AvgIpc) is 3.11. The second-order valence-corrected chi connectivity index (χ2v) is 5.70. The van der Waals surface area contributed by atoms with Gasteiger partial charge in [-0.05, 0) is 41.5 Å². The van der Waals surface area contributed by atoms with Crippen molar-refractivity contribution in [3.8, 4) is 0 Å². The third-order valence-corrected chi connectivity index (χ3v) is 4.31. The second-order valence-electron chi connectivity index (χ2n) is 5.70. The third-order valence-electron chi connectivity index (χ3n) is 4.31. The van der Waals surface area contributed by atoms with Gasteiger partial charge in [-0.3, -0.25) is 0 Å². The monoisotopic (exact) mass is 292 g/mol. The van der Waals surface area contributed by atoms with Crippen molar-refractivity contribution in [2.45, 2.75) is 46.5 Å². The zero-order valence-electron chi connectivity index (χ0n) is 14.2. The molecule has 3 rings (SSSR count). The van der Waals surface area contributed by atoms with E-state index in [0.29, 0.717) is 5.92 Å². The molecule has 2 aromatic rings. The van der Waals surface area contributed by atoms with Gasteiger partial charge in [0.25, 0.3) is 0 Å². The van der Waals surface area contributed by atoms with Crippen LogP contribution in [-0.4, -0.2) is 0 Å². The number of hydrogen-bond donors (Lipinski definition) is 0. The summed E-state index contributed by atoms with van der Waals surface area (Å²) in [6.07, 6.45) is 11.7. The van der Waals surface area contributed by atoms with Gasteiger partial charge in [0.15, 0.2) is 0 Å². The molecule has 1 atom stereocenters. The lowest BCUT2D eigenvalue weighted by molar-refractivity contribution is 0.543. The Morgan fingerprint density at radius 1 is 1.00 bits per heavy atom. The predicted molar refractivity (Wildman–Crippen MR) is 99.2 cm³/mol. The minimum atomic E-state index is 0.695. The van der Waals surface area contributed by atoms with Gasteiger partial charge in [0.1, 0.15) is 0 Å². The molecule has 0 heterocycles. The van der Waals surface area contributed by atoms with Crippen molar-refractivity contribution in [2.75, 3.05) is 0 Å². The van der Waals surface area contributed by atoms with E-state index >= 15 is 0 Å². The second kappa shape index (κ2) is 8.58. The van der Waals surface area contributed by atoms with E-state index in [9.17, 15) is 0 Å². The highest BCUT2D eigenvalue weighted by molar-refractivity contribution is 5.85. The molecule has 1 aliphatic carbocycles. The lowest BCUT2D eigenvalue weighted by atomic mass is 9.86. The van der Waals surface area contributed by atoms with Gasteiger partial charge in [-0.2, -0.15) is 0 Å². The van der Waals surface area contributed by atoms with Crippen molar-refractivity contribution in [3.05, 3.63) is 71.8 Å². The summed E-state index contributed by atoms with van der Waals surface area (Å²) in [6.45, 7) is 6.29. The first-order chi connectivity index (χ1) is 10.9. The van der Waals surface area contributed by atoms with Crippen LogP contribution in [0.25, 0.3) is 10.8 Å². The lowest BCUT2D eigenvalue weighted by Crippen LogP contribution is -2.07. The normalized spacial score (nSPS) is 14.4. The number of allylic oxidation sites excluding steroid dienone is 4. The molecular weight excluding hydrogens is 264 g/mol. The van der Waals surface area contributed by atoms with Crippen molar-refractivity contribution >= 4 is 10.8 Å². The van der Waals surface area contributed by atoms with Gasteiger partial charge in [-0.25, -0.2) is 0 Å². The van der Waals surface area contributed by atoms with Gasteiger partial charge in [-0.1, -0.05) is 93.5 Å². The largest absolute Gasteiger partial charge is 0.0805 e. The fourth-order valence-electron chi connectivity index (χ4n) is 3.27. The number of benzene rings is 2. The first-order valence-electron chi connectivity index (χ1n) is 8.70. The molecule has 22 heavy (non-hydrogen) atoms. The fourth-order valence-corrected chi connectivity index (χ4v) is 3.27. The Hall–Kier alpha value is -1.82. The Kier molecular flexibility index (Phi) is 6.45. The van der Waals surface area contributed by atoms with E-state index < -0.39 is 0 Å². The predicted octanol–water partition coefficient (Wildman–Crippen LogP) is 6.71. The van der Waals surface area contributed by atoms with Gasteiger partial charge in [-0.15, -0.1) is 0 Å². The molecule has 0 fully saturated rings. The summed E-state index contributed by atoms with van der Waals surface area (Å²) in [7, 11) is 0. The summed E-state index contributed by atoms with van der Waals surface area (Å²) in [4.78, 5) is 0. The molecular formula is C22H28. The topological polar surface area (TPSA) is 0 Å². The van der Waals surface area contributed by atoms with Crippen molar-refractivity contribution in [1.29, 1.82) is 0 Å². The molecule has 0 aliphatic heterocycles. The van der Waals surface area contributed by atoms with Gasteiger partial charge in [0.05, 0.1) is 0 Å². The number of rotatable bonds is 5. The van der Waals surface area contributed by atoms with Crippen molar-refractivity contribution in [3.63, 3.8) is 0 Å². The Morgan fingerprint density at radius 3 is 2.50 bits per heavy atom. The molecule has 0 radical (unpaired) electrons. The fraction of sp³-hybridized carbons (Fsp3) is 0.364. The molecule has 116 valence electrons. The lowest BCUT2D eigenvalue weighted by Gasteiger charge is -2.19. The van der Waals surface area contributed by atoms with Crippen LogP contribution in [0.2, 0.25) is 0 Å². The summed E-state index contributed by atoms with van der Waals surface area (Å²) in [6, 6.07) is 15.5. The SMILES string of the molecule is CC.CCCC(Cc1cccc2ccccc12)C1=CC=CC1. The highest BCUT2D eigenvalue weighted by Crippen LogP contribution is 2.30. The molecule has 0 nitrogen and oxygen atoms in total. The maximum absolute atomic E-state index is 2.32. The Morgan fingerprint density at radius 2 is 1.77 bits per heavy atom. The Bertz CT molecular complexity index is 641. The highest BCUT2D eigenvalue weighted by Gasteiger charge is 2.16. The van der Waals surface area contributed by atoms with Crippen LogP contribution < -0.4 is 0 Å². The molecule has 0 saturated heterocycles. The third kappa shape index (κ3) is 3.88. The summed E-state index contributed by atoms with van der Waals surface area (Å²) in [5.74, 6) is 0.695. The smallest absolute Gasteiger partial charge is 0.0130 e. The number of fused-ring (bicyclic) bond motifs is 1. The molecule has 0 bridgehead atoms. The van der Waals surface area contributed by atoms with Crippen LogP contribution in [0.1, 0.15) is 45.6 Å². The van der Waals surface area contributed by atoms with E-state index in [1.165, 1.54) is 35.6 Å². The van der Waals surface area contributed by atoms with E-state index in [4.69, 9.17) is 0 Å².